The Morgan fingerprint density at radius 3 is 2.44 bits per heavy atom. The molecule has 5 nitrogen and oxygen atoms in total. The molecule has 0 unspecified atom stereocenters. The molecule has 1 saturated heterocycles. The zero-order valence-electron chi connectivity index (χ0n) is 15.6. The molecule has 1 fully saturated rings. The van der Waals surface area contributed by atoms with Crippen molar-refractivity contribution >= 4 is 26.5 Å². The van der Waals surface area contributed by atoms with Gasteiger partial charge in [-0.1, -0.05) is 24.3 Å². The monoisotopic (exact) mass is 381 g/mol. The topological polar surface area (TPSA) is 53.5 Å². The minimum Gasteiger partial charge on any atom is -0.369 e. The van der Waals surface area contributed by atoms with Crippen molar-refractivity contribution in [3.63, 3.8) is 0 Å². The normalized spacial score (nSPS) is 16.0. The van der Waals surface area contributed by atoms with Gasteiger partial charge in [-0.3, -0.25) is 4.98 Å². The molecule has 4 rings (SSSR count). The third-order valence-electron chi connectivity index (χ3n) is 5.41. The number of aryl methyl sites for hydroxylation is 1. The van der Waals surface area contributed by atoms with Gasteiger partial charge in [0.1, 0.15) is 0 Å². The van der Waals surface area contributed by atoms with Crippen molar-refractivity contribution in [1.29, 1.82) is 0 Å². The number of aromatic nitrogens is 1. The predicted octanol–water partition coefficient (Wildman–Crippen LogP) is 3.36. The van der Waals surface area contributed by atoms with Gasteiger partial charge in [0.15, 0.2) is 0 Å². The summed E-state index contributed by atoms with van der Waals surface area (Å²) >= 11 is 0. The van der Waals surface area contributed by atoms with Crippen LogP contribution in [0.2, 0.25) is 0 Å². The summed E-state index contributed by atoms with van der Waals surface area (Å²) in [7, 11) is -3.53. The Bertz CT molecular complexity index is 1080. The minimum atomic E-state index is -3.53. The van der Waals surface area contributed by atoms with Crippen LogP contribution >= 0.6 is 0 Å². The molecule has 27 heavy (non-hydrogen) atoms. The maximum atomic E-state index is 13.3. The molecule has 1 aliphatic heterocycles. The fraction of sp³-hybridized carbons (Fsp3) is 0.286. The molecule has 0 amide bonds. The molecule has 0 N–H and O–H groups in total. The van der Waals surface area contributed by atoms with Crippen LogP contribution in [0.1, 0.15) is 11.1 Å². The van der Waals surface area contributed by atoms with Crippen LogP contribution in [0, 0.1) is 13.8 Å². The van der Waals surface area contributed by atoms with Crippen LogP contribution in [-0.2, 0) is 10.0 Å². The molecule has 0 saturated carbocycles. The number of fused-ring (bicyclic) bond motifs is 1. The second-order valence-electron chi connectivity index (χ2n) is 6.96. The number of benzene rings is 2. The lowest BCUT2D eigenvalue weighted by Crippen LogP contribution is -2.48. The molecule has 0 bridgehead atoms. The molecular formula is C21H23N3O2S. The number of hydrogen-bond donors (Lipinski definition) is 0. The lowest BCUT2D eigenvalue weighted by atomic mass is 10.1. The third kappa shape index (κ3) is 3.19. The number of hydrogen-bond acceptors (Lipinski definition) is 4. The molecule has 0 aliphatic carbocycles. The summed E-state index contributed by atoms with van der Waals surface area (Å²) in [6.45, 7) is 6.58. The van der Waals surface area contributed by atoms with Crippen molar-refractivity contribution in [2.45, 2.75) is 18.7 Å². The molecular weight excluding hydrogens is 358 g/mol. The third-order valence-corrected chi connectivity index (χ3v) is 7.37. The van der Waals surface area contributed by atoms with Crippen molar-refractivity contribution in [1.82, 2.24) is 9.29 Å². The SMILES string of the molecule is Cc1cccc(N2CCN(S(=O)(=O)c3cccc4cnccc34)CC2)c1C. The first-order chi connectivity index (χ1) is 13.0. The summed E-state index contributed by atoms with van der Waals surface area (Å²) in [5.41, 5.74) is 3.71. The van der Waals surface area contributed by atoms with Crippen LogP contribution in [-0.4, -0.2) is 43.9 Å². The zero-order valence-corrected chi connectivity index (χ0v) is 16.4. The zero-order chi connectivity index (χ0) is 19.0. The van der Waals surface area contributed by atoms with Gasteiger partial charge in [0, 0.05) is 55.0 Å². The Labute approximate surface area is 160 Å². The van der Waals surface area contributed by atoms with E-state index in [4.69, 9.17) is 0 Å². The lowest BCUT2D eigenvalue weighted by Gasteiger charge is -2.36. The second kappa shape index (κ2) is 6.94. The molecule has 2 heterocycles. The largest absolute Gasteiger partial charge is 0.369 e. The average Bonchev–Trinajstić information content (AvgIpc) is 2.70. The molecule has 140 valence electrons. The van der Waals surface area contributed by atoms with Crippen LogP contribution < -0.4 is 4.90 Å². The van der Waals surface area contributed by atoms with E-state index in [0.29, 0.717) is 31.1 Å². The Morgan fingerprint density at radius 1 is 0.926 bits per heavy atom. The summed E-state index contributed by atoms with van der Waals surface area (Å²) in [6, 6.07) is 13.4. The highest BCUT2D eigenvalue weighted by Gasteiger charge is 2.30. The van der Waals surface area contributed by atoms with Crippen molar-refractivity contribution in [2.24, 2.45) is 0 Å². The molecule has 0 atom stereocenters. The number of pyridine rings is 1. The van der Waals surface area contributed by atoms with Crippen LogP contribution in [0.5, 0.6) is 0 Å². The van der Waals surface area contributed by atoms with Crippen molar-refractivity contribution in [2.75, 3.05) is 31.1 Å². The minimum absolute atomic E-state index is 0.364. The highest BCUT2D eigenvalue weighted by Crippen LogP contribution is 2.28. The van der Waals surface area contributed by atoms with Gasteiger partial charge < -0.3 is 4.90 Å². The highest BCUT2D eigenvalue weighted by molar-refractivity contribution is 7.89. The van der Waals surface area contributed by atoms with Crippen LogP contribution in [0.25, 0.3) is 10.8 Å². The molecule has 3 aromatic rings. The molecule has 6 heteroatoms. The van der Waals surface area contributed by atoms with Gasteiger partial charge in [0.05, 0.1) is 4.90 Å². The van der Waals surface area contributed by atoms with Crippen LogP contribution in [0.3, 0.4) is 0 Å². The molecule has 1 aliphatic rings. The van der Waals surface area contributed by atoms with Gasteiger partial charge in [-0.25, -0.2) is 8.42 Å². The van der Waals surface area contributed by atoms with E-state index in [2.05, 4.69) is 41.9 Å². The summed E-state index contributed by atoms with van der Waals surface area (Å²) in [5, 5.41) is 1.57. The molecule has 0 radical (unpaired) electrons. The molecule has 1 aromatic heterocycles. The van der Waals surface area contributed by atoms with E-state index in [1.807, 2.05) is 6.07 Å². The first-order valence-electron chi connectivity index (χ1n) is 9.12. The first kappa shape index (κ1) is 17.9. The van der Waals surface area contributed by atoms with Gasteiger partial charge in [0.25, 0.3) is 0 Å². The summed E-state index contributed by atoms with van der Waals surface area (Å²) in [4.78, 5) is 6.73. The van der Waals surface area contributed by atoms with Gasteiger partial charge in [0.2, 0.25) is 10.0 Å². The van der Waals surface area contributed by atoms with Crippen LogP contribution in [0.4, 0.5) is 5.69 Å². The fourth-order valence-corrected chi connectivity index (χ4v) is 5.34. The van der Waals surface area contributed by atoms with E-state index < -0.39 is 10.0 Å². The molecule has 0 spiro atoms. The summed E-state index contributed by atoms with van der Waals surface area (Å²) < 4.78 is 28.1. The standard InChI is InChI=1S/C21H23N3O2S/c1-16-5-3-7-20(17(16)2)23-11-13-24(14-12-23)27(25,26)21-8-4-6-18-15-22-10-9-19(18)21/h3-10,15H,11-14H2,1-2H3. The van der Waals surface area contributed by atoms with E-state index in [0.717, 1.165) is 10.8 Å². The van der Waals surface area contributed by atoms with Crippen molar-refractivity contribution in [3.8, 4) is 0 Å². The van der Waals surface area contributed by atoms with E-state index in [9.17, 15) is 8.42 Å². The Kier molecular flexibility index (Phi) is 4.61. The van der Waals surface area contributed by atoms with Gasteiger partial charge in [-0.15, -0.1) is 0 Å². The van der Waals surface area contributed by atoms with E-state index >= 15 is 0 Å². The fourth-order valence-electron chi connectivity index (χ4n) is 3.70. The quantitative estimate of drug-likeness (QED) is 0.698. The Morgan fingerprint density at radius 2 is 1.67 bits per heavy atom. The van der Waals surface area contributed by atoms with Gasteiger partial charge in [-0.2, -0.15) is 4.31 Å². The van der Waals surface area contributed by atoms with Crippen molar-refractivity contribution < 1.29 is 8.42 Å². The Balaban J connectivity index is 1.59. The maximum Gasteiger partial charge on any atom is 0.243 e. The van der Waals surface area contributed by atoms with Crippen LogP contribution in [0.15, 0.2) is 59.8 Å². The predicted molar refractivity (Wildman–Crippen MR) is 109 cm³/mol. The van der Waals surface area contributed by atoms with Gasteiger partial charge >= 0.3 is 0 Å². The average molecular weight is 382 g/mol. The summed E-state index contributed by atoms with van der Waals surface area (Å²) in [6.07, 6.45) is 3.34. The first-order valence-corrected chi connectivity index (χ1v) is 10.6. The second-order valence-corrected chi connectivity index (χ2v) is 8.87. The van der Waals surface area contributed by atoms with E-state index in [-0.39, 0.29) is 0 Å². The smallest absolute Gasteiger partial charge is 0.243 e. The van der Waals surface area contributed by atoms with Gasteiger partial charge in [-0.05, 0) is 43.2 Å². The maximum absolute atomic E-state index is 13.3. The Hall–Kier alpha value is -2.44. The van der Waals surface area contributed by atoms with E-state index in [1.54, 1.807) is 34.9 Å². The number of rotatable bonds is 3. The highest BCUT2D eigenvalue weighted by atomic mass is 32.2. The lowest BCUT2D eigenvalue weighted by molar-refractivity contribution is 0.385. The summed E-state index contributed by atoms with van der Waals surface area (Å²) in [5.74, 6) is 0. The number of sulfonamides is 1. The molecule has 2 aromatic carbocycles. The van der Waals surface area contributed by atoms with Crippen molar-refractivity contribution in [3.05, 3.63) is 66.0 Å². The number of piperazine rings is 1. The van der Waals surface area contributed by atoms with E-state index in [1.165, 1.54) is 16.8 Å². The number of nitrogens with zero attached hydrogens (tertiary/aromatic N) is 3. The number of anilines is 1.